The maximum absolute atomic E-state index is 14.3. The van der Waals surface area contributed by atoms with Gasteiger partial charge < -0.3 is 10.1 Å². The smallest absolute Gasteiger partial charge is 0.272 e. The fourth-order valence-electron chi connectivity index (χ4n) is 4.37. The third-order valence-electron chi connectivity index (χ3n) is 5.93. The van der Waals surface area contributed by atoms with E-state index in [-0.39, 0.29) is 11.6 Å². The second-order valence-corrected chi connectivity index (χ2v) is 7.74. The number of carbonyl (C=O) groups is 1. The topological polar surface area (TPSA) is 59.4 Å². The van der Waals surface area contributed by atoms with Gasteiger partial charge in [0.1, 0.15) is 11.5 Å². The molecular weight excluding hydrogens is 366 g/mol. The molecule has 2 aliphatic carbocycles. The number of morpholine rings is 1. The van der Waals surface area contributed by atoms with Gasteiger partial charge in [-0.05, 0) is 30.9 Å². The lowest BCUT2D eigenvalue weighted by atomic mass is 10.1. The van der Waals surface area contributed by atoms with E-state index >= 15 is 0 Å². The molecule has 1 aromatic heterocycles. The number of fused-ring (bicyclic) bond motifs is 3. The average Bonchev–Trinajstić information content (AvgIpc) is 3.19. The summed E-state index contributed by atoms with van der Waals surface area (Å²) in [6.07, 6.45) is 1.84. The van der Waals surface area contributed by atoms with E-state index < -0.39 is 11.6 Å². The van der Waals surface area contributed by atoms with Crippen LogP contribution in [0.3, 0.4) is 0 Å². The van der Waals surface area contributed by atoms with Crippen molar-refractivity contribution in [1.29, 1.82) is 0 Å². The van der Waals surface area contributed by atoms with Gasteiger partial charge in [0.2, 0.25) is 0 Å². The van der Waals surface area contributed by atoms with Gasteiger partial charge in [-0.3, -0.25) is 9.69 Å². The highest BCUT2D eigenvalue weighted by Crippen LogP contribution is 2.57. The van der Waals surface area contributed by atoms with Crippen molar-refractivity contribution in [2.75, 3.05) is 39.4 Å². The van der Waals surface area contributed by atoms with E-state index in [1.54, 1.807) is 0 Å². The number of nitrogens with one attached hydrogen (secondary N) is 1. The van der Waals surface area contributed by atoms with Crippen LogP contribution in [0.25, 0.3) is 5.69 Å². The molecule has 1 aliphatic heterocycles. The van der Waals surface area contributed by atoms with E-state index in [1.165, 1.54) is 16.8 Å². The zero-order valence-electron chi connectivity index (χ0n) is 15.5. The van der Waals surface area contributed by atoms with Crippen LogP contribution in [0.4, 0.5) is 8.78 Å². The largest absolute Gasteiger partial charge is 0.379 e. The molecule has 2 heterocycles. The molecule has 2 atom stereocenters. The summed E-state index contributed by atoms with van der Waals surface area (Å²) in [6, 6.07) is 3.45. The standard InChI is InChI=1S/C20H22F2N4O2/c21-13-1-2-17(16(22)11-13)26-19-14-9-12(14)10-15(19)18(24-26)20(27)23-3-4-25-5-7-28-8-6-25/h1-2,11-12,14H,3-10H2,(H,23,27)/t12-,14-/m1/s1. The Hall–Kier alpha value is -2.32. The molecule has 1 N–H and O–H groups in total. The number of amides is 1. The molecule has 3 aliphatic rings. The molecule has 2 aromatic rings. The Balaban J connectivity index is 1.37. The molecule has 5 rings (SSSR count). The SMILES string of the molecule is O=C(NCCN1CCOCC1)c1nn(-c2ccc(F)cc2F)c2c1C[C@H]1C[C@@H]21. The Morgan fingerprint density at radius 3 is 2.89 bits per heavy atom. The first kappa shape index (κ1) is 17.8. The van der Waals surface area contributed by atoms with Crippen molar-refractivity contribution in [3.05, 3.63) is 46.8 Å². The molecule has 0 unspecified atom stereocenters. The molecule has 2 fully saturated rings. The number of ether oxygens (including phenoxy) is 1. The molecule has 0 spiro atoms. The Kier molecular flexibility index (Phi) is 4.40. The third kappa shape index (κ3) is 3.10. The van der Waals surface area contributed by atoms with Gasteiger partial charge in [0.05, 0.1) is 18.9 Å². The third-order valence-corrected chi connectivity index (χ3v) is 5.93. The van der Waals surface area contributed by atoms with Crippen molar-refractivity contribution in [2.24, 2.45) is 5.92 Å². The normalized spacial score (nSPS) is 23.4. The van der Waals surface area contributed by atoms with Gasteiger partial charge in [-0.2, -0.15) is 5.10 Å². The summed E-state index contributed by atoms with van der Waals surface area (Å²) in [5, 5.41) is 7.39. The Labute approximate surface area is 161 Å². The van der Waals surface area contributed by atoms with Crippen molar-refractivity contribution in [3.8, 4) is 5.69 Å². The first-order valence-electron chi connectivity index (χ1n) is 9.77. The van der Waals surface area contributed by atoms with Crippen molar-refractivity contribution in [1.82, 2.24) is 20.0 Å². The molecule has 0 radical (unpaired) electrons. The number of carbonyl (C=O) groups excluding carboxylic acids is 1. The summed E-state index contributed by atoms with van der Waals surface area (Å²) in [4.78, 5) is 15.0. The van der Waals surface area contributed by atoms with Gasteiger partial charge in [0.25, 0.3) is 5.91 Å². The summed E-state index contributed by atoms with van der Waals surface area (Å²) < 4.78 is 34.5. The van der Waals surface area contributed by atoms with Crippen LogP contribution in [0, 0.1) is 17.6 Å². The minimum absolute atomic E-state index is 0.192. The summed E-state index contributed by atoms with van der Waals surface area (Å²) in [6.45, 7) is 4.46. The van der Waals surface area contributed by atoms with Gasteiger partial charge in [-0.15, -0.1) is 0 Å². The number of halogens is 2. The Morgan fingerprint density at radius 1 is 1.29 bits per heavy atom. The minimum Gasteiger partial charge on any atom is -0.379 e. The first-order chi connectivity index (χ1) is 13.6. The molecular formula is C20H22F2N4O2. The maximum Gasteiger partial charge on any atom is 0.272 e. The van der Waals surface area contributed by atoms with Crippen LogP contribution in [0.1, 0.15) is 34.1 Å². The van der Waals surface area contributed by atoms with Crippen molar-refractivity contribution < 1.29 is 18.3 Å². The van der Waals surface area contributed by atoms with E-state index in [1.807, 2.05) is 0 Å². The zero-order chi connectivity index (χ0) is 19.3. The molecule has 1 saturated carbocycles. The van der Waals surface area contributed by atoms with Crippen LogP contribution in [0.15, 0.2) is 18.2 Å². The van der Waals surface area contributed by atoms with Crippen LogP contribution >= 0.6 is 0 Å². The molecule has 148 valence electrons. The van der Waals surface area contributed by atoms with Gasteiger partial charge in [-0.1, -0.05) is 0 Å². The van der Waals surface area contributed by atoms with E-state index in [4.69, 9.17) is 4.74 Å². The molecule has 1 saturated heterocycles. The Bertz CT molecular complexity index is 923. The molecule has 6 nitrogen and oxygen atoms in total. The number of hydrogen-bond donors (Lipinski definition) is 1. The van der Waals surface area contributed by atoms with E-state index in [2.05, 4.69) is 15.3 Å². The van der Waals surface area contributed by atoms with E-state index in [0.29, 0.717) is 24.1 Å². The van der Waals surface area contributed by atoms with Gasteiger partial charge in [0.15, 0.2) is 11.5 Å². The zero-order valence-corrected chi connectivity index (χ0v) is 15.5. The molecule has 1 amide bonds. The highest BCUT2D eigenvalue weighted by molar-refractivity contribution is 5.94. The summed E-state index contributed by atoms with van der Waals surface area (Å²) in [5.41, 5.74) is 2.38. The second-order valence-electron chi connectivity index (χ2n) is 7.74. The van der Waals surface area contributed by atoms with Crippen molar-refractivity contribution in [3.63, 3.8) is 0 Å². The Morgan fingerprint density at radius 2 is 2.11 bits per heavy atom. The molecule has 28 heavy (non-hydrogen) atoms. The first-order valence-corrected chi connectivity index (χ1v) is 9.77. The van der Waals surface area contributed by atoms with Gasteiger partial charge in [-0.25, -0.2) is 13.5 Å². The monoisotopic (exact) mass is 388 g/mol. The lowest BCUT2D eigenvalue weighted by Crippen LogP contribution is -2.41. The van der Waals surface area contributed by atoms with Crippen LogP contribution < -0.4 is 5.32 Å². The second kappa shape index (κ2) is 6.93. The number of benzene rings is 1. The maximum atomic E-state index is 14.3. The van der Waals surface area contributed by atoms with Gasteiger partial charge in [0, 0.05) is 43.7 Å². The van der Waals surface area contributed by atoms with Crippen LogP contribution in [-0.2, 0) is 11.2 Å². The van der Waals surface area contributed by atoms with E-state index in [9.17, 15) is 13.6 Å². The average molecular weight is 388 g/mol. The summed E-state index contributed by atoms with van der Waals surface area (Å²) in [5.74, 6) is -0.694. The van der Waals surface area contributed by atoms with Crippen molar-refractivity contribution in [2.45, 2.75) is 18.8 Å². The highest BCUT2D eigenvalue weighted by Gasteiger charge is 2.50. The highest BCUT2D eigenvalue weighted by atomic mass is 19.1. The van der Waals surface area contributed by atoms with Crippen LogP contribution in [0.2, 0.25) is 0 Å². The van der Waals surface area contributed by atoms with Crippen LogP contribution in [-0.4, -0.2) is 60.0 Å². The van der Waals surface area contributed by atoms with Crippen molar-refractivity contribution >= 4 is 5.91 Å². The molecule has 0 bridgehead atoms. The molecule has 8 heteroatoms. The number of aromatic nitrogens is 2. The summed E-state index contributed by atoms with van der Waals surface area (Å²) in [7, 11) is 0. The van der Waals surface area contributed by atoms with Gasteiger partial charge >= 0.3 is 0 Å². The number of nitrogens with zero attached hydrogens (tertiary/aromatic N) is 3. The fourth-order valence-corrected chi connectivity index (χ4v) is 4.37. The quantitative estimate of drug-likeness (QED) is 0.850. The van der Waals surface area contributed by atoms with E-state index in [0.717, 1.165) is 63.0 Å². The lowest BCUT2D eigenvalue weighted by molar-refractivity contribution is 0.0383. The lowest BCUT2D eigenvalue weighted by Gasteiger charge is -2.26. The number of rotatable bonds is 5. The predicted molar refractivity (Wildman–Crippen MR) is 97.6 cm³/mol. The predicted octanol–water partition coefficient (Wildman–Crippen LogP) is 1.87. The molecule has 1 aromatic carbocycles. The number of hydrogen-bond acceptors (Lipinski definition) is 4. The summed E-state index contributed by atoms with van der Waals surface area (Å²) >= 11 is 0. The fraction of sp³-hybridized carbons (Fsp3) is 0.500. The minimum atomic E-state index is -0.673. The van der Waals surface area contributed by atoms with Crippen LogP contribution in [0.5, 0.6) is 0 Å².